The van der Waals surface area contributed by atoms with Crippen LogP contribution in [-0.4, -0.2) is 79.9 Å². The Hall–Kier alpha value is -2.00. The highest BCUT2D eigenvalue weighted by Crippen LogP contribution is 2.61. The van der Waals surface area contributed by atoms with Gasteiger partial charge in [0.2, 0.25) is 18.2 Å². The second-order valence-electron chi connectivity index (χ2n) is 17.4. The summed E-state index contributed by atoms with van der Waals surface area (Å²) in [6, 6.07) is 17.4. The van der Waals surface area contributed by atoms with E-state index in [2.05, 4.69) is 0 Å². The Bertz CT molecular complexity index is 1560. The molecule has 0 aliphatic heterocycles. The number of carbonyl (C=O) groups excluding carboxylic acids is 2. The van der Waals surface area contributed by atoms with Gasteiger partial charge in [0.25, 0.3) is 7.37 Å². The molecule has 0 saturated carbocycles. The molecule has 0 saturated heterocycles. The van der Waals surface area contributed by atoms with Crippen molar-refractivity contribution in [2.75, 3.05) is 46.2 Å². The number of hydrogen-bond acceptors (Lipinski definition) is 10. The summed E-state index contributed by atoms with van der Waals surface area (Å²) >= 11 is 0. The Kier molecular flexibility index (Phi) is 17.8. The van der Waals surface area contributed by atoms with Crippen molar-refractivity contribution in [2.45, 2.75) is 125 Å². The van der Waals surface area contributed by atoms with Crippen molar-refractivity contribution in [2.24, 2.45) is 10.8 Å². The maximum atomic E-state index is 14.8. The smallest absolute Gasteiger partial charge is 0.296 e. The van der Waals surface area contributed by atoms with E-state index in [0.29, 0.717) is 36.7 Å². The van der Waals surface area contributed by atoms with Gasteiger partial charge in [0.05, 0.1) is 44.2 Å². The average molecular weight is 795 g/mol. The van der Waals surface area contributed by atoms with E-state index in [4.69, 9.17) is 28.2 Å². The standard InChI is InChI=1S/C42H68O10P2/c1-14-47-27-25-40(8,9)50-31-33(48-29-30-52-54(46,37(44)39(5,6)7)35-23-19-16-20-24-35)32-51-41(10,11)26-28-49-42(12,13)53(45,36(43)38(2,3)4)34-21-17-15-18-22-34/h15-24,33H,14,25-32H2,1-13H3. The van der Waals surface area contributed by atoms with Crippen LogP contribution in [0.1, 0.15) is 103 Å². The molecule has 0 heterocycles. The van der Waals surface area contributed by atoms with Gasteiger partial charge in [-0.15, -0.1) is 0 Å². The highest BCUT2D eigenvalue weighted by atomic mass is 31.2. The summed E-state index contributed by atoms with van der Waals surface area (Å²) < 4.78 is 65.6. The van der Waals surface area contributed by atoms with Crippen molar-refractivity contribution in [1.29, 1.82) is 0 Å². The van der Waals surface area contributed by atoms with Gasteiger partial charge in [0.15, 0.2) is 0 Å². The molecule has 0 aliphatic carbocycles. The van der Waals surface area contributed by atoms with Gasteiger partial charge in [-0.05, 0) is 73.4 Å². The lowest BCUT2D eigenvalue weighted by atomic mass is 9.99. The highest BCUT2D eigenvalue weighted by molar-refractivity contribution is 7.88. The minimum absolute atomic E-state index is 0.0410. The van der Waals surface area contributed by atoms with Crippen LogP contribution >= 0.6 is 14.5 Å². The molecule has 0 N–H and O–H groups in total. The van der Waals surface area contributed by atoms with E-state index in [1.807, 2.05) is 40.7 Å². The molecule has 0 radical (unpaired) electrons. The molecule has 12 heteroatoms. The molecular weight excluding hydrogens is 726 g/mol. The van der Waals surface area contributed by atoms with Crippen molar-refractivity contribution in [3.63, 3.8) is 0 Å². The lowest BCUT2D eigenvalue weighted by Crippen LogP contribution is -2.40. The molecule has 0 aromatic heterocycles. The van der Waals surface area contributed by atoms with Crippen LogP contribution in [0.5, 0.6) is 0 Å². The van der Waals surface area contributed by atoms with Crippen LogP contribution < -0.4 is 10.6 Å². The molecule has 0 fully saturated rings. The third kappa shape index (κ3) is 13.9. The Labute approximate surface area is 325 Å². The Balaban J connectivity index is 2.17. The molecule has 54 heavy (non-hydrogen) atoms. The van der Waals surface area contributed by atoms with E-state index >= 15 is 0 Å². The fourth-order valence-corrected chi connectivity index (χ4v) is 10.9. The first-order chi connectivity index (χ1) is 24.8. The molecule has 0 aliphatic rings. The predicted molar refractivity (Wildman–Crippen MR) is 218 cm³/mol. The van der Waals surface area contributed by atoms with Crippen LogP contribution in [0.2, 0.25) is 0 Å². The molecule has 0 bridgehead atoms. The quantitative estimate of drug-likeness (QED) is 0.0752. The molecule has 3 unspecified atom stereocenters. The molecule has 306 valence electrons. The van der Waals surface area contributed by atoms with Gasteiger partial charge < -0.3 is 32.8 Å². The minimum atomic E-state index is -3.87. The largest absolute Gasteiger partial charge is 0.382 e. The molecule has 2 rings (SSSR count). The summed E-state index contributed by atoms with van der Waals surface area (Å²) in [5, 5.41) is -0.449. The molecule has 0 spiro atoms. The van der Waals surface area contributed by atoms with Crippen molar-refractivity contribution in [3.05, 3.63) is 60.7 Å². The van der Waals surface area contributed by atoms with Crippen molar-refractivity contribution < 1.29 is 46.9 Å². The van der Waals surface area contributed by atoms with Crippen LogP contribution in [0, 0.1) is 10.8 Å². The third-order valence-corrected chi connectivity index (χ3v) is 15.7. The van der Waals surface area contributed by atoms with E-state index in [-0.39, 0.29) is 38.6 Å². The lowest BCUT2D eigenvalue weighted by Gasteiger charge is -2.38. The lowest BCUT2D eigenvalue weighted by molar-refractivity contribution is -0.137. The van der Waals surface area contributed by atoms with Gasteiger partial charge in [-0.25, -0.2) is 0 Å². The Morgan fingerprint density at radius 1 is 0.593 bits per heavy atom. The van der Waals surface area contributed by atoms with Gasteiger partial charge in [0.1, 0.15) is 11.4 Å². The summed E-state index contributed by atoms with van der Waals surface area (Å²) in [7, 11) is -7.57. The molecule has 2 aromatic rings. The average Bonchev–Trinajstić information content (AvgIpc) is 3.09. The zero-order valence-electron chi connectivity index (χ0n) is 35.2. The van der Waals surface area contributed by atoms with Crippen molar-refractivity contribution in [1.82, 2.24) is 0 Å². The third-order valence-electron chi connectivity index (χ3n) is 9.05. The fraction of sp³-hybridized carbons (Fsp3) is 0.667. The molecule has 0 amide bonds. The number of benzene rings is 2. The van der Waals surface area contributed by atoms with Gasteiger partial charge in [-0.1, -0.05) is 90.1 Å². The van der Waals surface area contributed by atoms with E-state index in [1.54, 1.807) is 110 Å². The summed E-state index contributed by atoms with van der Waals surface area (Å²) in [6.07, 6.45) is 0.574. The topological polar surface area (TPSA) is 124 Å². The molecular formula is C42H68O10P2. The molecule has 3 atom stereocenters. The minimum Gasteiger partial charge on any atom is -0.382 e. The number of ether oxygens (including phenoxy) is 5. The first-order valence-electron chi connectivity index (χ1n) is 19.0. The normalized spacial score (nSPS) is 16.0. The van der Waals surface area contributed by atoms with Gasteiger partial charge >= 0.3 is 0 Å². The van der Waals surface area contributed by atoms with Crippen LogP contribution in [0.4, 0.5) is 0 Å². The molecule has 2 aromatic carbocycles. The fourth-order valence-electron chi connectivity index (χ4n) is 5.51. The summed E-state index contributed by atoms with van der Waals surface area (Å²) in [4.78, 5) is 27.1. The molecule has 10 nitrogen and oxygen atoms in total. The summed E-state index contributed by atoms with van der Waals surface area (Å²) in [5.41, 5.74) is -3.72. The van der Waals surface area contributed by atoms with Crippen LogP contribution in [0.25, 0.3) is 0 Å². The first kappa shape index (κ1) is 48.1. The summed E-state index contributed by atoms with van der Waals surface area (Å²) in [6.45, 7) is 25.4. The summed E-state index contributed by atoms with van der Waals surface area (Å²) in [5.74, 6) is 0. The zero-order chi connectivity index (χ0) is 41.1. The van der Waals surface area contributed by atoms with Crippen molar-refractivity contribution >= 4 is 36.2 Å². The monoisotopic (exact) mass is 794 g/mol. The maximum Gasteiger partial charge on any atom is 0.296 e. The van der Waals surface area contributed by atoms with Crippen molar-refractivity contribution in [3.8, 4) is 0 Å². The number of carbonyl (C=O) groups is 2. The van der Waals surface area contributed by atoms with Crippen LogP contribution in [0.3, 0.4) is 0 Å². The van der Waals surface area contributed by atoms with E-state index in [1.165, 1.54) is 0 Å². The van der Waals surface area contributed by atoms with Crippen LogP contribution in [0.15, 0.2) is 60.7 Å². The highest BCUT2D eigenvalue weighted by Gasteiger charge is 2.52. The van der Waals surface area contributed by atoms with E-state index in [9.17, 15) is 18.7 Å². The number of hydrogen-bond donors (Lipinski definition) is 0. The Morgan fingerprint density at radius 3 is 1.52 bits per heavy atom. The SMILES string of the molecule is CCOCCC(C)(C)OCC(COC(C)(C)CCOC(C)(C)P(=O)(C(=O)C(C)(C)C)c1ccccc1)OCCOP(=O)(C(=O)C(C)(C)C)c1ccccc1. The van der Waals surface area contributed by atoms with E-state index < -0.39 is 53.5 Å². The van der Waals surface area contributed by atoms with Gasteiger partial charge in [-0.3, -0.25) is 14.2 Å². The second-order valence-corrected chi connectivity index (χ2v) is 22.9. The van der Waals surface area contributed by atoms with Gasteiger partial charge in [0, 0.05) is 34.7 Å². The second kappa shape index (κ2) is 19.9. The Morgan fingerprint density at radius 2 is 1.06 bits per heavy atom. The zero-order valence-corrected chi connectivity index (χ0v) is 37.0. The predicted octanol–water partition coefficient (Wildman–Crippen LogP) is 8.99. The van der Waals surface area contributed by atoms with Gasteiger partial charge in [-0.2, -0.15) is 0 Å². The maximum absolute atomic E-state index is 14.8. The van der Waals surface area contributed by atoms with E-state index in [0.717, 1.165) is 0 Å². The van der Waals surface area contributed by atoms with Crippen LogP contribution in [-0.2, 0) is 46.9 Å². The number of rotatable bonds is 24. The first-order valence-corrected chi connectivity index (χ1v) is 22.3.